The molecule has 1 nitrogen and oxygen atoms in total. The van der Waals surface area contributed by atoms with Crippen molar-refractivity contribution in [1.29, 1.82) is 0 Å². The van der Waals surface area contributed by atoms with Crippen molar-refractivity contribution in [2.75, 3.05) is 0 Å². The largest absolute Gasteiger partial charge is 0.388 e. The van der Waals surface area contributed by atoms with Crippen molar-refractivity contribution in [2.45, 2.75) is 25.9 Å². The minimum atomic E-state index is -0.975. The number of aliphatic hydroxyl groups excluding tert-OH is 1. The smallest absolute Gasteiger partial charge is 0.164 e. The summed E-state index contributed by atoms with van der Waals surface area (Å²) in [5, 5.41) is 10.4. The number of benzene rings is 2. The fourth-order valence-corrected chi connectivity index (χ4v) is 2.96. The van der Waals surface area contributed by atoms with E-state index in [1.54, 1.807) is 0 Å². The van der Waals surface area contributed by atoms with Crippen LogP contribution < -0.4 is 0 Å². The lowest BCUT2D eigenvalue weighted by atomic mass is 9.92. The summed E-state index contributed by atoms with van der Waals surface area (Å²) in [6, 6.07) is 11.0. The maximum Gasteiger partial charge on any atom is 0.164 e. The SMILES string of the molecule is Cc1ccc(C(O)C2Cc3ccccc3C2)c(F)c1F. The second-order valence-corrected chi connectivity index (χ2v) is 5.48. The van der Waals surface area contributed by atoms with Gasteiger partial charge in [0.1, 0.15) is 0 Å². The molecule has 0 aliphatic heterocycles. The maximum atomic E-state index is 14.0. The molecule has 0 aromatic heterocycles. The first-order chi connectivity index (χ1) is 9.58. The highest BCUT2D eigenvalue weighted by atomic mass is 19.2. The second kappa shape index (κ2) is 4.98. The lowest BCUT2D eigenvalue weighted by Gasteiger charge is -2.19. The number of halogens is 2. The summed E-state index contributed by atoms with van der Waals surface area (Å²) in [7, 11) is 0. The van der Waals surface area contributed by atoms with Crippen LogP contribution in [0.15, 0.2) is 36.4 Å². The third-order valence-corrected chi connectivity index (χ3v) is 4.15. The summed E-state index contributed by atoms with van der Waals surface area (Å²) >= 11 is 0. The van der Waals surface area contributed by atoms with Crippen LogP contribution in [0, 0.1) is 24.5 Å². The predicted octanol–water partition coefficient (Wildman–Crippen LogP) is 3.72. The third kappa shape index (κ3) is 2.12. The maximum absolute atomic E-state index is 14.0. The van der Waals surface area contributed by atoms with Crippen molar-refractivity contribution in [1.82, 2.24) is 0 Å². The second-order valence-electron chi connectivity index (χ2n) is 5.48. The van der Waals surface area contributed by atoms with Crippen molar-refractivity contribution >= 4 is 0 Å². The lowest BCUT2D eigenvalue weighted by molar-refractivity contribution is 0.108. The van der Waals surface area contributed by atoms with Gasteiger partial charge in [0.15, 0.2) is 11.6 Å². The fourth-order valence-electron chi connectivity index (χ4n) is 2.96. The Morgan fingerprint density at radius 3 is 2.20 bits per heavy atom. The summed E-state index contributed by atoms with van der Waals surface area (Å²) in [6.07, 6.45) is 0.427. The molecule has 0 spiro atoms. The molecule has 2 aromatic rings. The van der Waals surface area contributed by atoms with Crippen LogP contribution in [0.25, 0.3) is 0 Å². The zero-order valence-electron chi connectivity index (χ0n) is 11.2. The summed E-state index contributed by atoms with van der Waals surface area (Å²) in [4.78, 5) is 0. The van der Waals surface area contributed by atoms with E-state index in [1.165, 1.54) is 30.2 Å². The van der Waals surface area contributed by atoms with Crippen molar-refractivity contribution in [3.63, 3.8) is 0 Å². The van der Waals surface area contributed by atoms with E-state index in [2.05, 4.69) is 0 Å². The first-order valence-electron chi connectivity index (χ1n) is 6.77. The van der Waals surface area contributed by atoms with Crippen LogP contribution >= 0.6 is 0 Å². The highest BCUT2D eigenvalue weighted by Crippen LogP contribution is 2.36. The Bertz CT molecular complexity index is 626. The zero-order chi connectivity index (χ0) is 14.3. The molecule has 0 bridgehead atoms. The molecule has 0 saturated heterocycles. The number of hydrogen-bond donors (Lipinski definition) is 1. The van der Waals surface area contributed by atoms with E-state index in [9.17, 15) is 13.9 Å². The Morgan fingerprint density at radius 1 is 1.00 bits per heavy atom. The molecule has 3 heteroatoms. The molecule has 3 rings (SSSR count). The van der Waals surface area contributed by atoms with Gasteiger partial charge in [-0.15, -0.1) is 0 Å². The van der Waals surface area contributed by atoms with E-state index in [-0.39, 0.29) is 17.0 Å². The highest BCUT2D eigenvalue weighted by molar-refractivity contribution is 5.34. The molecule has 1 aliphatic rings. The van der Waals surface area contributed by atoms with Gasteiger partial charge in [0.25, 0.3) is 0 Å². The molecule has 20 heavy (non-hydrogen) atoms. The summed E-state index contributed by atoms with van der Waals surface area (Å²) in [5.41, 5.74) is 2.69. The molecule has 1 N–H and O–H groups in total. The lowest BCUT2D eigenvalue weighted by Crippen LogP contribution is -2.15. The Labute approximate surface area is 116 Å². The molecule has 2 aromatic carbocycles. The molecule has 0 amide bonds. The van der Waals surface area contributed by atoms with E-state index in [0.717, 1.165) is 0 Å². The molecule has 0 fully saturated rings. The molecule has 104 valence electrons. The Balaban J connectivity index is 1.88. The van der Waals surface area contributed by atoms with Crippen LogP contribution in [-0.2, 0) is 12.8 Å². The minimum Gasteiger partial charge on any atom is -0.388 e. The topological polar surface area (TPSA) is 20.2 Å². The van der Waals surface area contributed by atoms with Crippen molar-refractivity contribution < 1.29 is 13.9 Å². The Morgan fingerprint density at radius 2 is 1.60 bits per heavy atom. The van der Waals surface area contributed by atoms with Gasteiger partial charge in [-0.3, -0.25) is 0 Å². The van der Waals surface area contributed by atoms with E-state index < -0.39 is 17.7 Å². The van der Waals surface area contributed by atoms with Gasteiger partial charge in [-0.25, -0.2) is 8.78 Å². The number of aryl methyl sites for hydroxylation is 1. The Kier molecular flexibility index (Phi) is 3.30. The van der Waals surface area contributed by atoms with Crippen LogP contribution in [0.4, 0.5) is 8.78 Å². The standard InChI is InChI=1S/C17H16F2O/c1-10-6-7-14(16(19)15(10)18)17(20)13-8-11-4-2-3-5-12(11)9-13/h2-7,13,17,20H,8-9H2,1H3. The van der Waals surface area contributed by atoms with E-state index >= 15 is 0 Å². The van der Waals surface area contributed by atoms with Crippen LogP contribution in [0.5, 0.6) is 0 Å². The first-order valence-corrected chi connectivity index (χ1v) is 6.77. The molecule has 1 atom stereocenters. The van der Waals surface area contributed by atoms with E-state index in [4.69, 9.17) is 0 Å². The molecular formula is C17H16F2O. The monoisotopic (exact) mass is 274 g/mol. The van der Waals surface area contributed by atoms with E-state index in [1.807, 2.05) is 24.3 Å². The number of aliphatic hydroxyl groups is 1. The van der Waals surface area contributed by atoms with Gasteiger partial charge in [-0.2, -0.15) is 0 Å². The van der Waals surface area contributed by atoms with Gasteiger partial charge in [0, 0.05) is 5.56 Å². The predicted molar refractivity (Wildman–Crippen MR) is 73.4 cm³/mol. The van der Waals surface area contributed by atoms with Crippen LogP contribution in [0.1, 0.15) is 28.4 Å². The van der Waals surface area contributed by atoms with Gasteiger partial charge < -0.3 is 5.11 Å². The number of rotatable bonds is 2. The molecule has 0 heterocycles. The fraction of sp³-hybridized carbons (Fsp3) is 0.294. The third-order valence-electron chi connectivity index (χ3n) is 4.15. The van der Waals surface area contributed by atoms with Gasteiger partial charge >= 0.3 is 0 Å². The summed E-state index contributed by atoms with van der Waals surface area (Å²) < 4.78 is 27.6. The number of fused-ring (bicyclic) bond motifs is 1. The zero-order valence-corrected chi connectivity index (χ0v) is 11.2. The molecule has 0 saturated carbocycles. The van der Waals surface area contributed by atoms with Gasteiger partial charge in [-0.1, -0.05) is 36.4 Å². The van der Waals surface area contributed by atoms with Gasteiger partial charge in [-0.05, 0) is 42.4 Å². The molecule has 1 unspecified atom stereocenters. The van der Waals surface area contributed by atoms with Gasteiger partial charge in [0.05, 0.1) is 6.10 Å². The van der Waals surface area contributed by atoms with Crippen LogP contribution in [-0.4, -0.2) is 5.11 Å². The summed E-state index contributed by atoms with van der Waals surface area (Å²) in [5.74, 6) is -1.88. The average molecular weight is 274 g/mol. The summed E-state index contributed by atoms with van der Waals surface area (Å²) in [6.45, 7) is 1.51. The highest BCUT2D eigenvalue weighted by Gasteiger charge is 2.30. The average Bonchev–Trinajstić information content (AvgIpc) is 2.88. The number of hydrogen-bond acceptors (Lipinski definition) is 1. The molecule has 0 radical (unpaired) electrons. The quantitative estimate of drug-likeness (QED) is 0.885. The molecular weight excluding hydrogens is 258 g/mol. The van der Waals surface area contributed by atoms with Crippen molar-refractivity contribution in [3.05, 3.63) is 70.3 Å². The van der Waals surface area contributed by atoms with Crippen molar-refractivity contribution in [3.8, 4) is 0 Å². The van der Waals surface area contributed by atoms with E-state index in [0.29, 0.717) is 12.8 Å². The van der Waals surface area contributed by atoms with Gasteiger partial charge in [0.2, 0.25) is 0 Å². The first kappa shape index (κ1) is 13.3. The Hall–Kier alpha value is -1.74. The minimum absolute atomic E-state index is 0.0610. The van der Waals surface area contributed by atoms with Crippen LogP contribution in [0.3, 0.4) is 0 Å². The van der Waals surface area contributed by atoms with Crippen LogP contribution in [0.2, 0.25) is 0 Å². The van der Waals surface area contributed by atoms with Crippen molar-refractivity contribution in [2.24, 2.45) is 5.92 Å². The normalized spacial score (nSPS) is 16.2. The molecule has 1 aliphatic carbocycles.